The third kappa shape index (κ3) is 3.53. The highest BCUT2D eigenvalue weighted by molar-refractivity contribution is 7.20. The maximum atomic E-state index is 12.8. The van der Waals surface area contributed by atoms with Crippen LogP contribution in [0.15, 0.2) is 48.5 Å². The van der Waals surface area contributed by atoms with Crippen molar-refractivity contribution in [2.75, 3.05) is 26.2 Å². The lowest BCUT2D eigenvalue weighted by Crippen LogP contribution is -2.48. The molecule has 0 N–H and O–H groups in total. The number of piperazine rings is 1. The molecule has 0 unspecified atom stereocenters. The molecule has 0 atom stereocenters. The number of nitrogens with zero attached hydrogens (tertiary/aromatic N) is 2. The van der Waals surface area contributed by atoms with E-state index in [-0.39, 0.29) is 5.91 Å². The Balaban J connectivity index is 1.38. The predicted molar refractivity (Wildman–Crippen MR) is 109 cm³/mol. The first-order chi connectivity index (χ1) is 12.6. The molecule has 0 spiro atoms. The smallest absolute Gasteiger partial charge is 0.264 e. The minimum atomic E-state index is 0.178. The Morgan fingerprint density at radius 3 is 2.46 bits per heavy atom. The molecule has 1 aliphatic rings. The highest BCUT2D eigenvalue weighted by atomic mass is 32.1. The van der Waals surface area contributed by atoms with Gasteiger partial charge in [0.1, 0.15) is 0 Å². The van der Waals surface area contributed by atoms with Crippen molar-refractivity contribution < 1.29 is 4.79 Å². The molecule has 0 saturated carbocycles. The van der Waals surface area contributed by atoms with Crippen molar-refractivity contribution >= 4 is 27.3 Å². The molecule has 1 amide bonds. The summed E-state index contributed by atoms with van der Waals surface area (Å²) in [5, 5.41) is 1.16. The molecule has 4 heteroatoms. The van der Waals surface area contributed by atoms with E-state index in [2.05, 4.69) is 49.1 Å². The average Bonchev–Trinajstić information content (AvgIpc) is 3.09. The third-order valence-corrected chi connectivity index (χ3v) is 6.38. The van der Waals surface area contributed by atoms with Crippen LogP contribution in [0, 0.1) is 13.8 Å². The summed E-state index contributed by atoms with van der Waals surface area (Å²) < 4.78 is 1.18. The normalized spacial score (nSPS) is 15.5. The summed E-state index contributed by atoms with van der Waals surface area (Å²) in [4.78, 5) is 18.1. The van der Waals surface area contributed by atoms with Gasteiger partial charge < -0.3 is 4.90 Å². The van der Waals surface area contributed by atoms with Gasteiger partial charge in [-0.25, -0.2) is 0 Å². The van der Waals surface area contributed by atoms with E-state index in [0.29, 0.717) is 0 Å². The van der Waals surface area contributed by atoms with Gasteiger partial charge in [-0.15, -0.1) is 11.3 Å². The van der Waals surface area contributed by atoms with Gasteiger partial charge in [-0.3, -0.25) is 9.69 Å². The SMILES string of the molecule is Cc1ccc(CN2CCN(C(=O)c3cc4ccccc4s3)CC2)cc1C. The Hall–Kier alpha value is -2.17. The van der Waals surface area contributed by atoms with Crippen LogP contribution >= 0.6 is 11.3 Å². The fourth-order valence-electron chi connectivity index (χ4n) is 3.51. The summed E-state index contributed by atoms with van der Waals surface area (Å²) in [7, 11) is 0. The Kier molecular flexibility index (Phi) is 4.79. The quantitative estimate of drug-likeness (QED) is 0.684. The summed E-state index contributed by atoms with van der Waals surface area (Å²) >= 11 is 1.60. The van der Waals surface area contributed by atoms with Crippen molar-refractivity contribution in [3.05, 3.63) is 70.1 Å². The minimum Gasteiger partial charge on any atom is -0.335 e. The predicted octanol–water partition coefficient (Wildman–Crippen LogP) is 4.48. The molecular weight excluding hydrogens is 340 g/mol. The molecule has 2 heterocycles. The molecule has 2 aromatic carbocycles. The van der Waals surface area contributed by atoms with E-state index < -0.39 is 0 Å². The van der Waals surface area contributed by atoms with Crippen LogP contribution in [0.4, 0.5) is 0 Å². The molecule has 0 aliphatic carbocycles. The van der Waals surface area contributed by atoms with E-state index in [1.54, 1.807) is 11.3 Å². The van der Waals surface area contributed by atoms with Gasteiger partial charge in [0.25, 0.3) is 5.91 Å². The zero-order chi connectivity index (χ0) is 18.1. The van der Waals surface area contributed by atoms with Crippen molar-refractivity contribution in [2.45, 2.75) is 20.4 Å². The number of rotatable bonds is 3. The topological polar surface area (TPSA) is 23.6 Å². The fourth-order valence-corrected chi connectivity index (χ4v) is 4.54. The van der Waals surface area contributed by atoms with E-state index >= 15 is 0 Å². The number of carbonyl (C=O) groups excluding carboxylic acids is 1. The molecule has 1 aromatic heterocycles. The van der Waals surface area contributed by atoms with Crippen molar-refractivity contribution in [1.82, 2.24) is 9.80 Å². The van der Waals surface area contributed by atoms with Crippen molar-refractivity contribution in [3.63, 3.8) is 0 Å². The Labute approximate surface area is 158 Å². The second-order valence-corrected chi connectivity index (χ2v) is 8.22. The molecule has 0 radical (unpaired) electrons. The van der Waals surface area contributed by atoms with Crippen LogP contribution in [0.1, 0.15) is 26.4 Å². The summed E-state index contributed by atoms with van der Waals surface area (Å²) in [5.41, 5.74) is 4.05. The first kappa shape index (κ1) is 17.3. The summed E-state index contributed by atoms with van der Waals surface area (Å²) in [6.45, 7) is 8.76. The van der Waals surface area contributed by atoms with Crippen LogP contribution < -0.4 is 0 Å². The lowest BCUT2D eigenvalue weighted by Gasteiger charge is -2.34. The number of aryl methyl sites for hydroxylation is 2. The first-order valence-electron chi connectivity index (χ1n) is 9.16. The lowest BCUT2D eigenvalue weighted by molar-refractivity contribution is 0.0633. The molecule has 4 rings (SSSR count). The van der Waals surface area contributed by atoms with Gasteiger partial charge in [0.05, 0.1) is 4.88 Å². The number of thiophene rings is 1. The first-order valence-corrected chi connectivity index (χ1v) is 9.98. The van der Waals surface area contributed by atoms with E-state index in [4.69, 9.17) is 0 Å². The van der Waals surface area contributed by atoms with Gasteiger partial charge in [-0.1, -0.05) is 36.4 Å². The fraction of sp³-hybridized carbons (Fsp3) is 0.318. The van der Waals surface area contributed by atoms with Gasteiger partial charge in [0, 0.05) is 37.4 Å². The number of fused-ring (bicyclic) bond motifs is 1. The van der Waals surface area contributed by atoms with Gasteiger partial charge in [0.15, 0.2) is 0 Å². The largest absolute Gasteiger partial charge is 0.335 e. The second-order valence-electron chi connectivity index (χ2n) is 7.14. The summed E-state index contributed by atoms with van der Waals surface area (Å²) in [6, 6.07) is 16.9. The Morgan fingerprint density at radius 1 is 0.962 bits per heavy atom. The van der Waals surface area contributed by atoms with Crippen molar-refractivity contribution in [3.8, 4) is 0 Å². The average molecular weight is 365 g/mol. The molecule has 3 aromatic rings. The van der Waals surface area contributed by atoms with Crippen LogP contribution in [-0.4, -0.2) is 41.9 Å². The number of carbonyl (C=O) groups is 1. The molecule has 1 saturated heterocycles. The zero-order valence-electron chi connectivity index (χ0n) is 15.4. The van der Waals surface area contributed by atoms with Gasteiger partial charge in [0.2, 0.25) is 0 Å². The van der Waals surface area contributed by atoms with E-state index in [9.17, 15) is 4.79 Å². The standard InChI is InChI=1S/C22H24N2OS/c1-16-7-8-18(13-17(16)2)15-23-9-11-24(12-10-23)22(25)21-14-19-5-3-4-6-20(19)26-21/h3-8,13-14H,9-12,15H2,1-2H3. The van der Waals surface area contributed by atoms with E-state index in [1.807, 2.05) is 23.1 Å². The van der Waals surface area contributed by atoms with Crippen LogP contribution in [0.2, 0.25) is 0 Å². The highest BCUT2D eigenvalue weighted by Gasteiger charge is 2.23. The number of hydrogen-bond donors (Lipinski definition) is 0. The molecule has 26 heavy (non-hydrogen) atoms. The Bertz CT molecular complexity index is 905. The lowest BCUT2D eigenvalue weighted by atomic mass is 10.1. The van der Waals surface area contributed by atoms with Crippen molar-refractivity contribution in [2.24, 2.45) is 0 Å². The van der Waals surface area contributed by atoms with Crippen LogP contribution in [-0.2, 0) is 6.54 Å². The number of amides is 1. The molecular formula is C22H24N2OS. The monoisotopic (exact) mass is 364 g/mol. The second kappa shape index (κ2) is 7.22. The third-order valence-electron chi connectivity index (χ3n) is 5.27. The number of benzene rings is 2. The summed E-state index contributed by atoms with van der Waals surface area (Å²) in [6.07, 6.45) is 0. The van der Waals surface area contributed by atoms with Crippen LogP contribution in [0.25, 0.3) is 10.1 Å². The van der Waals surface area contributed by atoms with Crippen molar-refractivity contribution in [1.29, 1.82) is 0 Å². The van der Waals surface area contributed by atoms with Gasteiger partial charge >= 0.3 is 0 Å². The van der Waals surface area contributed by atoms with E-state index in [0.717, 1.165) is 43.0 Å². The number of hydrogen-bond acceptors (Lipinski definition) is 3. The molecule has 1 fully saturated rings. The zero-order valence-corrected chi connectivity index (χ0v) is 16.2. The van der Waals surface area contributed by atoms with E-state index in [1.165, 1.54) is 21.4 Å². The summed E-state index contributed by atoms with van der Waals surface area (Å²) in [5.74, 6) is 0.178. The molecule has 0 bridgehead atoms. The minimum absolute atomic E-state index is 0.178. The maximum absolute atomic E-state index is 12.8. The van der Waals surface area contributed by atoms with Crippen LogP contribution in [0.3, 0.4) is 0 Å². The van der Waals surface area contributed by atoms with Gasteiger partial charge in [-0.05, 0) is 48.1 Å². The van der Waals surface area contributed by atoms with Crippen LogP contribution in [0.5, 0.6) is 0 Å². The van der Waals surface area contributed by atoms with Gasteiger partial charge in [-0.2, -0.15) is 0 Å². The molecule has 134 valence electrons. The maximum Gasteiger partial charge on any atom is 0.264 e. The highest BCUT2D eigenvalue weighted by Crippen LogP contribution is 2.26. The Morgan fingerprint density at radius 2 is 1.73 bits per heavy atom. The molecule has 3 nitrogen and oxygen atoms in total. The molecule has 1 aliphatic heterocycles.